The minimum absolute atomic E-state index is 0.149. The van der Waals surface area contributed by atoms with Gasteiger partial charge in [0.25, 0.3) is 5.91 Å². The van der Waals surface area contributed by atoms with Crippen molar-refractivity contribution in [1.29, 1.82) is 0 Å². The number of rotatable bonds is 2. The number of benzene rings is 1. The minimum atomic E-state index is -3.01. The first-order chi connectivity index (χ1) is 8.06. The molecule has 0 heterocycles. The van der Waals surface area contributed by atoms with Crippen LogP contribution in [-0.4, -0.2) is 12.4 Å². The molecule has 0 aromatic heterocycles. The SMILES string of the molecule is [2H]C([2H])([2H])C([2H])([2H])NC(=O)c1cccc(F)c1Br. The zero-order valence-electron chi connectivity index (χ0n) is 11.4. The number of hydrogen-bond acceptors (Lipinski definition) is 1. The highest BCUT2D eigenvalue weighted by molar-refractivity contribution is 9.10. The molecule has 0 aliphatic heterocycles. The molecule has 0 saturated carbocycles. The van der Waals surface area contributed by atoms with E-state index in [-0.39, 0.29) is 10.0 Å². The second kappa shape index (κ2) is 4.37. The average Bonchev–Trinajstić information content (AvgIpc) is 2.19. The van der Waals surface area contributed by atoms with Gasteiger partial charge < -0.3 is 5.32 Å². The van der Waals surface area contributed by atoms with Crippen molar-refractivity contribution >= 4 is 21.8 Å². The van der Waals surface area contributed by atoms with Gasteiger partial charge in [0, 0.05) is 13.4 Å². The molecule has 2 nitrogen and oxygen atoms in total. The normalized spacial score (nSPS) is 17.5. The molecule has 1 N–H and O–H groups in total. The highest BCUT2D eigenvalue weighted by Crippen LogP contribution is 2.19. The summed E-state index contributed by atoms with van der Waals surface area (Å²) in [5.74, 6) is -1.71. The Bertz CT molecular complexity index is 477. The number of hydrogen-bond donors (Lipinski definition) is 1. The van der Waals surface area contributed by atoms with E-state index in [1.807, 2.05) is 0 Å². The molecular formula is C9H9BrFNO. The van der Waals surface area contributed by atoms with E-state index in [2.05, 4.69) is 15.9 Å². The van der Waals surface area contributed by atoms with Gasteiger partial charge in [-0.05, 0) is 34.9 Å². The zero-order chi connectivity index (χ0) is 14.1. The van der Waals surface area contributed by atoms with Crippen LogP contribution in [0.2, 0.25) is 0 Å². The molecule has 4 heteroatoms. The number of amides is 1. The minimum Gasteiger partial charge on any atom is -0.352 e. The van der Waals surface area contributed by atoms with Crippen LogP contribution in [0, 0.1) is 5.82 Å². The number of carbonyl (C=O) groups is 1. The lowest BCUT2D eigenvalue weighted by Crippen LogP contribution is -2.23. The first-order valence-corrected chi connectivity index (χ1v) is 4.12. The molecule has 0 bridgehead atoms. The van der Waals surface area contributed by atoms with Crippen molar-refractivity contribution in [3.8, 4) is 0 Å². The van der Waals surface area contributed by atoms with Crippen LogP contribution in [-0.2, 0) is 0 Å². The van der Waals surface area contributed by atoms with Crippen LogP contribution in [0.25, 0.3) is 0 Å². The summed E-state index contributed by atoms with van der Waals surface area (Å²) in [6.45, 7) is -5.90. The molecule has 0 spiro atoms. The van der Waals surface area contributed by atoms with Crippen LogP contribution in [0.5, 0.6) is 0 Å². The Morgan fingerprint density at radius 2 is 2.62 bits per heavy atom. The van der Waals surface area contributed by atoms with E-state index in [1.54, 1.807) is 5.32 Å². The van der Waals surface area contributed by atoms with Gasteiger partial charge in [0.15, 0.2) is 0 Å². The van der Waals surface area contributed by atoms with Crippen molar-refractivity contribution in [3.63, 3.8) is 0 Å². The molecule has 13 heavy (non-hydrogen) atoms. The summed E-state index contributed by atoms with van der Waals surface area (Å²) in [4.78, 5) is 11.7. The predicted molar refractivity (Wildman–Crippen MR) is 52.1 cm³/mol. The van der Waals surface area contributed by atoms with E-state index in [4.69, 9.17) is 6.85 Å². The summed E-state index contributed by atoms with van der Waals surface area (Å²) in [5, 5.41) is 1.72. The van der Waals surface area contributed by atoms with Gasteiger partial charge in [0.05, 0.1) is 10.0 Å². The number of halogens is 2. The lowest BCUT2D eigenvalue weighted by atomic mass is 10.2. The van der Waals surface area contributed by atoms with Crippen molar-refractivity contribution in [2.45, 2.75) is 6.85 Å². The van der Waals surface area contributed by atoms with Crippen LogP contribution >= 0.6 is 15.9 Å². The smallest absolute Gasteiger partial charge is 0.252 e. The van der Waals surface area contributed by atoms with E-state index >= 15 is 0 Å². The maximum Gasteiger partial charge on any atom is 0.252 e. The molecule has 1 amide bonds. The average molecular weight is 251 g/mol. The zero-order valence-corrected chi connectivity index (χ0v) is 7.98. The summed E-state index contributed by atoms with van der Waals surface area (Å²) in [7, 11) is 0. The molecule has 0 atom stereocenters. The standard InChI is InChI=1S/C9H9BrFNO/c1-2-12-9(13)6-4-3-5-7(11)8(6)10/h3-5H,2H2,1H3,(H,12,13)/i1D3,2D2. The largest absolute Gasteiger partial charge is 0.352 e. The Morgan fingerprint density at radius 3 is 3.31 bits per heavy atom. The van der Waals surface area contributed by atoms with Crippen molar-refractivity contribution in [2.75, 3.05) is 6.50 Å². The summed E-state index contributed by atoms with van der Waals surface area (Å²) in [5.41, 5.74) is -0.178. The number of carbonyl (C=O) groups excluding carboxylic acids is 1. The van der Waals surface area contributed by atoms with Gasteiger partial charge >= 0.3 is 0 Å². The van der Waals surface area contributed by atoms with Crippen LogP contribution in [0.1, 0.15) is 24.1 Å². The maximum absolute atomic E-state index is 13.2. The number of nitrogens with one attached hydrogen (secondary N) is 1. The molecule has 1 aromatic rings. The monoisotopic (exact) mass is 250 g/mol. The van der Waals surface area contributed by atoms with Crippen LogP contribution in [0.3, 0.4) is 0 Å². The third-order valence-corrected chi connectivity index (χ3v) is 2.18. The van der Waals surface area contributed by atoms with Crippen LogP contribution in [0.15, 0.2) is 22.7 Å². The highest BCUT2D eigenvalue weighted by atomic mass is 79.9. The molecule has 0 unspecified atom stereocenters. The molecule has 1 aromatic carbocycles. The summed E-state index contributed by atoms with van der Waals surface area (Å²) < 4.78 is 48.3. The van der Waals surface area contributed by atoms with Crippen LogP contribution in [0.4, 0.5) is 4.39 Å². The first-order valence-electron chi connectivity index (χ1n) is 5.83. The molecule has 70 valence electrons. The van der Waals surface area contributed by atoms with Gasteiger partial charge in [-0.3, -0.25) is 4.79 Å². The highest BCUT2D eigenvalue weighted by Gasteiger charge is 2.11. The molecule has 0 fully saturated rings. The Hall–Kier alpha value is -0.900. The third kappa shape index (κ3) is 2.28. The van der Waals surface area contributed by atoms with Crippen molar-refractivity contribution in [1.82, 2.24) is 5.32 Å². The molecule has 0 radical (unpaired) electrons. The van der Waals surface area contributed by atoms with E-state index < -0.39 is 25.1 Å². The fraction of sp³-hybridized carbons (Fsp3) is 0.222. The van der Waals surface area contributed by atoms with Gasteiger partial charge in [0.1, 0.15) is 5.82 Å². The van der Waals surface area contributed by atoms with Gasteiger partial charge in [0.2, 0.25) is 0 Å². The Morgan fingerprint density at radius 1 is 1.85 bits per heavy atom. The molecule has 0 saturated heterocycles. The maximum atomic E-state index is 13.2. The topological polar surface area (TPSA) is 29.1 Å². The fourth-order valence-corrected chi connectivity index (χ4v) is 1.25. The van der Waals surface area contributed by atoms with Gasteiger partial charge in [-0.25, -0.2) is 4.39 Å². The van der Waals surface area contributed by atoms with Crippen LogP contribution < -0.4 is 5.32 Å². The van der Waals surface area contributed by atoms with E-state index in [1.165, 1.54) is 12.1 Å². The van der Waals surface area contributed by atoms with E-state index in [0.29, 0.717) is 0 Å². The van der Waals surface area contributed by atoms with Gasteiger partial charge in [-0.2, -0.15) is 0 Å². The van der Waals surface area contributed by atoms with E-state index in [9.17, 15) is 9.18 Å². The summed E-state index contributed by atoms with van der Waals surface area (Å²) in [6.07, 6.45) is 0. The lowest BCUT2D eigenvalue weighted by molar-refractivity contribution is 0.0954. The third-order valence-electron chi connectivity index (χ3n) is 1.37. The molecule has 0 aliphatic carbocycles. The van der Waals surface area contributed by atoms with Crippen molar-refractivity contribution in [3.05, 3.63) is 34.1 Å². The van der Waals surface area contributed by atoms with Gasteiger partial charge in [-0.15, -0.1) is 0 Å². The Balaban J connectivity index is 3.00. The quantitative estimate of drug-likeness (QED) is 0.858. The summed E-state index contributed by atoms with van der Waals surface area (Å²) in [6, 6.07) is 3.62. The molecular weight excluding hydrogens is 237 g/mol. The Labute approximate surface area is 91.3 Å². The molecule has 0 aliphatic rings. The van der Waals surface area contributed by atoms with E-state index in [0.717, 1.165) is 6.07 Å². The molecule has 1 rings (SSSR count). The summed E-state index contributed by atoms with van der Waals surface area (Å²) >= 11 is 2.84. The first kappa shape index (κ1) is 5.10. The Kier molecular flexibility index (Phi) is 1.71. The lowest BCUT2D eigenvalue weighted by Gasteiger charge is -2.04. The van der Waals surface area contributed by atoms with Gasteiger partial charge in [-0.1, -0.05) is 6.07 Å². The predicted octanol–water partition coefficient (Wildman–Crippen LogP) is 2.34. The second-order valence-corrected chi connectivity index (χ2v) is 2.97. The second-order valence-electron chi connectivity index (χ2n) is 2.18. The van der Waals surface area contributed by atoms with Crippen molar-refractivity contribution in [2.24, 2.45) is 0 Å². The van der Waals surface area contributed by atoms with Crippen molar-refractivity contribution < 1.29 is 16.0 Å². The fourth-order valence-electron chi connectivity index (χ4n) is 0.803.